The monoisotopic (exact) mass is 295 g/mol. The highest BCUT2D eigenvalue weighted by Gasteiger charge is 2.53. The summed E-state index contributed by atoms with van der Waals surface area (Å²) in [5, 5.41) is 13.4. The van der Waals surface area contributed by atoms with Crippen LogP contribution in [0.2, 0.25) is 5.02 Å². The summed E-state index contributed by atoms with van der Waals surface area (Å²) in [5.74, 6) is -0.0727. The molecule has 2 atom stereocenters. The number of carbonyl (C=O) groups is 1. The summed E-state index contributed by atoms with van der Waals surface area (Å²) in [4.78, 5) is 12.6. The lowest BCUT2D eigenvalue weighted by atomic mass is 9.67. The molecule has 1 amide bonds. The van der Waals surface area contributed by atoms with Crippen LogP contribution in [0.25, 0.3) is 0 Å². The van der Waals surface area contributed by atoms with Gasteiger partial charge < -0.3 is 15.2 Å². The molecule has 2 heterocycles. The van der Waals surface area contributed by atoms with Crippen LogP contribution in [0, 0.1) is 0 Å². The van der Waals surface area contributed by atoms with Gasteiger partial charge in [-0.25, -0.2) is 0 Å². The molecule has 4 nitrogen and oxygen atoms in total. The predicted octanol–water partition coefficient (Wildman–Crippen LogP) is 1.72. The smallest absolute Gasteiger partial charge is 0.231 e. The number of rotatable bonds is 2. The van der Waals surface area contributed by atoms with E-state index in [2.05, 4.69) is 5.32 Å². The van der Waals surface area contributed by atoms with Crippen molar-refractivity contribution in [3.05, 3.63) is 34.3 Å². The van der Waals surface area contributed by atoms with Gasteiger partial charge in [0.25, 0.3) is 0 Å². The highest BCUT2D eigenvalue weighted by Crippen LogP contribution is 2.45. The lowest BCUT2D eigenvalue weighted by Gasteiger charge is -2.51. The van der Waals surface area contributed by atoms with Crippen molar-refractivity contribution in [2.45, 2.75) is 37.3 Å². The van der Waals surface area contributed by atoms with E-state index in [4.69, 9.17) is 16.3 Å². The van der Waals surface area contributed by atoms with Gasteiger partial charge in [-0.05, 0) is 43.5 Å². The van der Waals surface area contributed by atoms with Crippen molar-refractivity contribution in [2.24, 2.45) is 0 Å². The van der Waals surface area contributed by atoms with Crippen LogP contribution in [0.3, 0.4) is 0 Å². The summed E-state index contributed by atoms with van der Waals surface area (Å²) >= 11 is 6.12. The summed E-state index contributed by atoms with van der Waals surface area (Å²) in [6, 6.07) is 5.64. The molecule has 0 bridgehead atoms. The minimum Gasteiger partial charge on any atom is -0.393 e. The normalized spacial score (nSPS) is 28.5. The molecular formula is C15H18ClNO3. The second-order valence-electron chi connectivity index (χ2n) is 6.10. The molecule has 1 saturated heterocycles. The van der Waals surface area contributed by atoms with Gasteiger partial charge in [0.05, 0.1) is 24.7 Å². The summed E-state index contributed by atoms with van der Waals surface area (Å²) in [6.45, 7) is 4.52. The van der Waals surface area contributed by atoms with Crippen molar-refractivity contribution >= 4 is 17.5 Å². The first-order chi connectivity index (χ1) is 9.37. The summed E-state index contributed by atoms with van der Waals surface area (Å²) in [7, 11) is 0. The molecule has 1 aromatic rings. The molecule has 5 heteroatoms. The Morgan fingerprint density at radius 3 is 2.70 bits per heavy atom. The number of hydrogen-bond acceptors (Lipinski definition) is 3. The molecule has 108 valence electrons. The number of hydrogen-bond donors (Lipinski definition) is 2. The second-order valence-corrected chi connectivity index (χ2v) is 6.54. The first-order valence-corrected chi connectivity index (χ1v) is 7.14. The van der Waals surface area contributed by atoms with Gasteiger partial charge in [-0.1, -0.05) is 17.7 Å². The average molecular weight is 296 g/mol. The largest absolute Gasteiger partial charge is 0.393 e. The topological polar surface area (TPSA) is 58.6 Å². The standard InChI is InChI=1S/C15H18ClNO3/c1-9(18)6-14(2)12-5-10(16)3-4-11(12)15(7-20-8-15)17-13(14)19/h3-5,9,18H,6-8H2,1-2H3,(H,17,19)/t9-,14?/m0/s1. The number of amides is 1. The van der Waals surface area contributed by atoms with E-state index >= 15 is 0 Å². The molecule has 0 radical (unpaired) electrons. The van der Waals surface area contributed by atoms with Crippen molar-refractivity contribution in [3.8, 4) is 0 Å². The quantitative estimate of drug-likeness (QED) is 0.873. The van der Waals surface area contributed by atoms with Crippen LogP contribution in [0.1, 0.15) is 31.4 Å². The van der Waals surface area contributed by atoms with E-state index in [9.17, 15) is 9.90 Å². The van der Waals surface area contributed by atoms with Gasteiger partial charge in [-0.3, -0.25) is 4.79 Å². The average Bonchev–Trinajstić information content (AvgIpc) is 2.31. The van der Waals surface area contributed by atoms with Crippen LogP contribution in [-0.2, 0) is 20.5 Å². The Balaban J connectivity index is 2.17. The zero-order chi connectivity index (χ0) is 14.5. The highest BCUT2D eigenvalue weighted by molar-refractivity contribution is 6.30. The number of ether oxygens (including phenoxy) is 1. The fraction of sp³-hybridized carbons (Fsp3) is 0.533. The Labute approximate surface area is 123 Å². The molecule has 0 aliphatic carbocycles. The molecule has 3 rings (SSSR count). The number of fused-ring (bicyclic) bond motifs is 2. The van der Waals surface area contributed by atoms with Gasteiger partial charge in [0, 0.05) is 5.02 Å². The SMILES string of the molecule is C[C@H](O)CC1(C)C(=O)NC2(COC2)c2ccc(Cl)cc21. The van der Waals surface area contributed by atoms with Gasteiger partial charge in [-0.15, -0.1) is 0 Å². The second kappa shape index (κ2) is 4.45. The summed E-state index contributed by atoms with van der Waals surface area (Å²) in [5.41, 5.74) is 0.763. The van der Waals surface area contributed by atoms with Crippen molar-refractivity contribution in [2.75, 3.05) is 13.2 Å². The Kier molecular flexibility index (Phi) is 3.08. The molecule has 2 aliphatic heterocycles. The molecule has 1 fully saturated rings. The van der Waals surface area contributed by atoms with Crippen LogP contribution < -0.4 is 5.32 Å². The minimum absolute atomic E-state index is 0.0727. The number of nitrogens with one attached hydrogen (secondary N) is 1. The number of aliphatic hydroxyl groups is 1. The molecule has 20 heavy (non-hydrogen) atoms. The maximum absolute atomic E-state index is 12.6. The third kappa shape index (κ3) is 1.86. The first-order valence-electron chi connectivity index (χ1n) is 6.76. The maximum Gasteiger partial charge on any atom is 0.231 e. The molecule has 2 aliphatic rings. The first kappa shape index (κ1) is 13.9. The van der Waals surface area contributed by atoms with Crippen molar-refractivity contribution in [1.82, 2.24) is 5.32 Å². The minimum atomic E-state index is -0.769. The van der Waals surface area contributed by atoms with Gasteiger partial charge in [0.2, 0.25) is 5.91 Å². The molecule has 0 saturated carbocycles. The molecule has 1 aromatic carbocycles. The van der Waals surface area contributed by atoms with Gasteiger partial charge in [0.15, 0.2) is 0 Å². The van der Waals surface area contributed by atoms with Gasteiger partial charge in [0.1, 0.15) is 5.54 Å². The third-order valence-electron chi connectivity index (χ3n) is 4.35. The molecule has 1 unspecified atom stereocenters. The number of aliphatic hydroxyl groups excluding tert-OH is 1. The fourth-order valence-corrected chi connectivity index (χ4v) is 3.43. The number of benzene rings is 1. The Morgan fingerprint density at radius 1 is 1.45 bits per heavy atom. The van der Waals surface area contributed by atoms with Gasteiger partial charge in [-0.2, -0.15) is 0 Å². The van der Waals surface area contributed by atoms with E-state index in [0.29, 0.717) is 24.7 Å². The van der Waals surface area contributed by atoms with Crippen LogP contribution in [0.15, 0.2) is 18.2 Å². The Morgan fingerprint density at radius 2 is 2.15 bits per heavy atom. The maximum atomic E-state index is 12.6. The van der Waals surface area contributed by atoms with Crippen LogP contribution in [-0.4, -0.2) is 30.3 Å². The lowest BCUT2D eigenvalue weighted by molar-refractivity contribution is -0.143. The van der Waals surface area contributed by atoms with Crippen molar-refractivity contribution in [1.29, 1.82) is 0 Å². The van der Waals surface area contributed by atoms with Crippen LogP contribution in [0.5, 0.6) is 0 Å². The van der Waals surface area contributed by atoms with E-state index < -0.39 is 17.1 Å². The number of carbonyl (C=O) groups excluding carboxylic acids is 1. The molecule has 0 aromatic heterocycles. The fourth-order valence-electron chi connectivity index (χ4n) is 3.26. The van der Waals surface area contributed by atoms with E-state index in [0.717, 1.165) is 11.1 Å². The molecule has 1 spiro atoms. The van der Waals surface area contributed by atoms with E-state index in [1.165, 1.54) is 0 Å². The molecular weight excluding hydrogens is 278 g/mol. The summed E-state index contributed by atoms with van der Waals surface area (Å²) < 4.78 is 5.30. The summed E-state index contributed by atoms with van der Waals surface area (Å²) in [6.07, 6.45) is -0.201. The lowest BCUT2D eigenvalue weighted by Crippen LogP contribution is -2.66. The zero-order valence-corrected chi connectivity index (χ0v) is 12.3. The highest BCUT2D eigenvalue weighted by atomic mass is 35.5. The van der Waals surface area contributed by atoms with Gasteiger partial charge >= 0.3 is 0 Å². The predicted molar refractivity (Wildman–Crippen MR) is 75.7 cm³/mol. The van der Waals surface area contributed by atoms with E-state index in [1.54, 1.807) is 6.92 Å². The molecule has 2 N–H and O–H groups in total. The van der Waals surface area contributed by atoms with Crippen LogP contribution >= 0.6 is 11.6 Å². The third-order valence-corrected chi connectivity index (χ3v) is 4.58. The van der Waals surface area contributed by atoms with Crippen molar-refractivity contribution in [3.63, 3.8) is 0 Å². The van der Waals surface area contributed by atoms with Crippen LogP contribution in [0.4, 0.5) is 0 Å². The van der Waals surface area contributed by atoms with E-state index in [1.807, 2.05) is 25.1 Å². The number of halogens is 1. The Hall–Kier alpha value is -1.10. The Bertz CT molecular complexity index is 568. The van der Waals surface area contributed by atoms with E-state index in [-0.39, 0.29) is 5.91 Å². The zero-order valence-electron chi connectivity index (χ0n) is 11.6. The van der Waals surface area contributed by atoms with Crippen molar-refractivity contribution < 1.29 is 14.6 Å².